The minimum atomic E-state index is 0.310. The molecule has 11 heavy (non-hydrogen) atoms. The molecular formula is C9H21NS. The van der Waals surface area contributed by atoms with Gasteiger partial charge in [-0.2, -0.15) is 11.8 Å². The van der Waals surface area contributed by atoms with Gasteiger partial charge in [0.25, 0.3) is 0 Å². The number of thioether (sulfide) groups is 1. The van der Waals surface area contributed by atoms with Gasteiger partial charge in [-0.05, 0) is 26.5 Å². The van der Waals surface area contributed by atoms with Crippen LogP contribution in [0.5, 0.6) is 0 Å². The van der Waals surface area contributed by atoms with E-state index in [2.05, 4.69) is 39.3 Å². The molecule has 0 aliphatic rings. The van der Waals surface area contributed by atoms with Gasteiger partial charge in [0.15, 0.2) is 0 Å². The zero-order valence-electron chi connectivity index (χ0n) is 8.40. The van der Waals surface area contributed by atoms with Gasteiger partial charge in [0.05, 0.1) is 0 Å². The average Bonchev–Trinajstić information content (AvgIpc) is 2.00. The van der Waals surface area contributed by atoms with Crippen molar-refractivity contribution in [1.82, 2.24) is 5.32 Å². The minimum Gasteiger partial charge on any atom is -0.311 e. The molecule has 0 fully saturated rings. The van der Waals surface area contributed by atoms with Gasteiger partial charge < -0.3 is 5.32 Å². The average molecular weight is 175 g/mol. The molecule has 0 aromatic rings. The van der Waals surface area contributed by atoms with Crippen LogP contribution in [0, 0.1) is 0 Å². The summed E-state index contributed by atoms with van der Waals surface area (Å²) in [6.45, 7) is 10.1. The zero-order chi connectivity index (χ0) is 8.91. The van der Waals surface area contributed by atoms with E-state index in [-0.39, 0.29) is 0 Å². The molecule has 1 nitrogen and oxygen atoms in total. The first kappa shape index (κ1) is 11.3. The highest BCUT2D eigenvalue weighted by molar-refractivity contribution is 7.99. The molecular weight excluding hydrogens is 154 g/mol. The second-order valence-corrected chi connectivity index (χ2v) is 4.94. The highest BCUT2D eigenvalue weighted by Gasteiger charge is 2.14. The topological polar surface area (TPSA) is 12.0 Å². The third-order valence-electron chi connectivity index (χ3n) is 2.15. The summed E-state index contributed by atoms with van der Waals surface area (Å²) in [6, 6.07) is 0. The van der Waals surface area contributed by atoms with Crippen LogP contribution in [0.2, 0.25) is 0 Å². The van der Waals surface area contributed by atoms with Gasteiger partial charge in [0, 0.05) is 17.3 Å². The second kappa shape index (κ2) is 5.04. The van der Waals surface area contributed by atoms with Gasteiger partial charge in [-0.1, -0.05) is 13.8 Å². The lowest BCUT2D eigenvalue weighted by Crippen LogP contribution is -2.41. The molecule has 0 saturated carbocycles. The first-order valence-corrected chi connectivity index (χ1v) is 5.58. The molecule has 0 radical (unpaired) electrons. The molecule has 68 valence electrons. The summed E-state index contributed by atoms with van der Waals surface area (Å²) in [4.78, 5) is 0. The molecule has 0 amide bonds. The molecule has 1 unspecified atom stereocenters. The Balaban J connectivity index is 3.52. The second-order valence-electron chi connectivity index (χ2n) is 3.66. The normalized spacial score (nSPS) is 15.0. The number of rotatable bonds is 5. The van der Waals surface area contributed by atoms with E-state index in [4.69, 9.17) is 0 Å². The van der Waals surface area contributed by atoms with Crippen LogP contribution >= 0.6 is 11.8 Å². The van der Waals surface area contributed by atoms with Crippen LogP contribution in [0.1, 0.15) is 34.1 Å². The lowest BCUT2D eigenvalue weighted by atomic mass is 10.0. The van der Waals surface area contributed by atoms with Crippen LogP contribution in [-0.4, -0.2) is 23.6 Å². The van der Waals surface area contributed by atoms with E-state index < -0.39 is 0 Å². The molecule has 0 spiro atoms. The van der Waals surface area contributed by atoms with Gasteiger partial charge in [-0.25, -0.2) is 0 Å². The van der Waals surface area contributed by atoms with Crippen LogP contribution in [0.3, 0.4) is 0 Å². The van der Waals surface area contributed by atoms with Crippen molar-refractivity contribution >= 4 is 11.8 Å². The summed E-state index contributed by atoms with van der Waals surface area (Å²) >= 11 is 1.91. The summed E-state index contributed by atoms with van der Waals surface area (Å²) < 4.78 is 0. The standard InChI is InChI=1S/C9H21NS/c1-6-9(3,4)10-7-8(2)11-5/h8,10H,6-7H2,1-5H3. The maximum atomic E-state index is 3.54. The van der Waals surface area contributed by atoms with Crippen molar-refractivity contribution in [2.75, 3.05) is 12.8 Å². The van der Waals surface area contributed by atoms with Crippen LogP contribution in [-0.2, 0) is 0 Å². The Bertz CT molecular complexity index is 102. The van der Waals surface area contributed by atoms with Gasteiger partial charge >= 0.3 is 0 Å². The Morgan fingerprint density at radius 1 is 1.45 bits per heavy atom. The Kier molecular flexibility index (Phi) is 5.19. The van der Waals surface area contributed by atoms with E-state index in [1.807, 2.05) is 11.8 Å². The van der Waals surface area contributed by atoms with Crippen LogP contribution < -0.4 is 5.32 Å². The fourth-order valence-corrected chi connectivity index (χ4v) is 0.878. The van der Waals surface area contributed by atoms with E-state index >= 15 is 0 Å². The maximum absolute atomic E-state index is 3.54. The van der Waals surface area contributed by atoms with Crippen LogP contribution in [0.15, 0.2) is 0 Å². The molecule has 0 rings (SSSR count). The summed E-state index contributed by atoms with van der Waals surface area (Å²) in [5, 5.41) is 4.26. The highest BCUT2D eigenvalue weighted by Crippen LogP contribution is 2.09. The Morgan fingerprint density at radius 2 is 2.00 bits per heavy atom. The molecule has 0 bridgehead atoms. The Labute approximate surface area is 75.3 Å². The smallest absolute Gasteiger partial charge is 0.0141 e. The summed E-state index contributed by atoms with van der Waals surface area (Å²) in [6.07, 6.45) is 3.35. The van der Waals surface area contributed by atoms with Gasteiger partial charge in [0.1, 0.15) is 0 Å². The molecule has 0 aliphatic heterocycles. The van der Waals surface area contributed by atoms with E-state index in [0.717, 1.165) is 11.8 Å². The van der Waals surface area contributed by atoms with Gasteiger partial charge in [-0.3, -0.25) is 0 Å². The van der Waals surface area contributed by atoms with Gasteiger partial charge in [0.2, 0.25) is 0 Å². The lowest BCUT2D eigenvalue weighted by Gasteiger charge is -2.26. The first-order valence-electron chi connectivity index (χ1n) is 4.29. The lowest BCUT2D eigenvalue weighted by molar-refractivity contribution is 0.379. The molecule has 1 N–H and O–H groups in total. The van der Waals surface area contributed by atoms with Crippen molar-refractivity contribution in [3.8, 4) is 0 Å². The van der Waals surface area contributed by atoms with Crippen LogP contribution in [0.25, 0.3) is 0 Å². The predicted octanol–water partition coefficient (Wildman–Crippen LogP) is 2.52. The molecule has 0 aromatic carbocycles. The van der Waals surface area contributed by atoms with Crippen molar-refractivity contribution in [2.24, 2.45) is 0 Å². The number of hydrogen-bond donors (Lipinski definition) is 1. The fourth-order valence-electron chi connectivity index (χ4n) is 0.628. The third-order valence-corrected chi connectivity index (χ3v) is 3.13. The SMILES string of the molecule is CCC(C)(C)NCC(C)SC. The predicted molar refractivity (Wildman–Crippen MR) is 55.3 cm³/mol. The van der Waals surface area contributed by atoms with Crippen molar-refractivity contribution in [2.45, 2.75) is 44.9 Å². The molecule has 0 heterocycles. The Hall–Kier alpha value is 0.310. The fraction of sp³-hybridized carbons (Fsp3) is 1.00. The van der Waals surface area contributed by atoms with E-state index in [1.54, 1.807) is 0 Å². The van der Waals surface area contributed by atoms with E-state index in [1.165, 1.54) is 6.42 Å². The zero-order valence-corrected chi connectivity index (χ0v) is 9.22. The quantitative estimate of drug-likeness (QED) is 0.689. The number of hydrogen-bond acceptors (Lipinski definition) is 2. The summed E-state index contributed by atoms with van der Waals surface area (Å²) in [7, 11) is 0. The van der Waals surface area contributed by atoms with E-state index in [0.29, 0.717) is 5.54 Å². The van der Waals surface area contributed by atoms with E-state index in [9.17, 15) is 0 Å². The van der Waals surface area contributed by atoms with Crippen molar-refractivity contribution in [3.05, 3.63) is 0 Å². The molecule has 0 aromatic heterocycles. The monoisotopic (exact) mass is 175 g/mol. The van der Waals surface area contributed by atoms with Crippen molar-refractivity contribution in [3.63, 3.8) is 0 Å². The van der Waals surface area contributed by atoms with Gasteiger partial charge in [-0.15, -0.1) is 0 Å². The summed E-state index contributed by atoms with van der Waals surface area (Å²) in [5.41, 5.74) is 0.310. The third kappa shape index (κ3) is 5.57. The largest absolute Gasteiger partial charge is 0.311 e. The number of nitrogens with one attached hydrogen (secondary N) is 1. The van der Waals surface area contributed by atoms with Crippen molar-refractivity contribution in [1.29, 1.82) is 0 Å². The molecule has 0 saturated heterocycles. The molecule has 1 atom stereocenters. The molecule has 0 aliphatic carbocycles. The summed E-state index contributed by atoms with van der Waals surface area (Å²) in [5.74, 6) is 0. The van der Waals surface area contributed by atoms with Crippen molar-refractivity contribution < 1.29 is 0 Å². The first-order chi connectivity index (χ1) is 5.02. The molecule has 2 heteroatoms. The minimum absolute atomic E-state index is 0.310. The maximum Gasteiger partial charge on any atom is 0.0141 e. The highest BCUT2D eigenvalue weighted by atomic mass is 32.2. The van der Waals surface area contributed by atoms with Crippen LogP contribution in [0.4, 0.5) is 0 Å². The Morgan fingerprint density at radius 3 is 2.36 bits per heavy atom.